The number of hydrogen-bond donors (Lipinski definition) is 4. The van der Waals surface area contributed by atoms with E-state index in [0.717, 1.165) is 49.3 Å². The Bertz CT molecular complexity index is 1030. The maximum absolute atomic E-state index is 12.4. The Morgan fingerprint density at radius 3 is 2.45 bits per heavy atom. The fourth-order valence-corrected chi connectivity index (χ4v) is 5.12. The van der Waals surface area contributed by atoms with Crippen LogP contribution in [0.3, 0.4) is 0 Å². The molecule has 1 aromatic carbocycles. The highest BCUT2D eigenvalue weighted by atomic mass is 16.5. The number of benzene rings is 1. The molecule has 1 saturated heterocycles. The molecule has 4 rings (SSSR count). The standard InChI is InChI=1S/C20H27N3O2.C8H14N2O.C2H6.C2H2/c1-14-7-6-10-17(11-14)19(18-12-21-15(2)22-18)23-20(24)25-13-16-8-4-3-5-9-16;1-6(9)5-7-3-2-4-10-8(7)11;2*1-2/h3-5,8-9,12,14,17,19H,6-7,10-11,13H2,1-2H3,(H,21,22)(H,23,24);7,9H,2-5H2,1H3,(H,10,11);1-2H3;1-2H. The third-order valence-corrected chi connectivity index (χ3v) is 6.94. The molecule has 2 amide bonds. The van der Waals surface area contributed by atoms with Crippen LogP contribution in [-0.2, 0) is 16.1 Å². The number of aryl methyl sites for hydroxylation is 1. The van der Waals surface area contributed by atoms with Gasteiger partial charge < -0.3 is 25.8 Å². The van der Waals surface area contributed by atoms with Crippen LogP contribution in [0.15, 0.2) is 36.5 Å². The Kier molecular flexibility index (Phi) is 16.7. The molecule has 0 spiro atoms. The number of hydrogen-bond acceptors (Lipinski definition) is 5. The van der Waals surface area contributed by atoms with Crippen LogP contribution in [0.1, 0.15) is 95.8 Å². The van der Waals surface area contributed by atoms with E-state index in [1.807, 2.05) is 57.3 Å². The second-order valence-electron chi connectivity index (χ2n) is 10.3. The summed E-state index contributed by atoms with van der Waals surface area (Å²) in [7, 11) is 0. The van der Waals surface area contributed by atoms with E-state index in [9.17, 15) is 9.59 Å². The lowest BCUT2D eigenvalue weighted by atomic mass is 9.78. The SMILES string of the molecule is C#C.CC.CC(=N)CC1CCCNC1=O.Cc1ncc(C(NC(=O)OCc2ccccc2)C2CCCC(C)C2)[nH]1. The molecule has 4 atom stereocenters. The minimum absolute atomic E-state index is 0.0706. The van der Waals surface area contributed by atoms with E-state index in [1.54, 1.807) is 6.92 Å². The van der Waals surface area contributed by atoms with Crippen molar-refractivity contribution in [1.29, 1.82) is 5.41 Å². The molecule has 1 aromatic heterocycles. The molecule has 2 fully saturated rings. The van der Waals surface area contributed by atoms with Crippen molar-refractivity contribution in [3.8, 4) is 12.8 Å². The first-order chi connectivity index (χ1) is 19.3. The highest BCUT2D eigenvalue weighted by Crippen LogP contribution is 2.36. The van der Waals surface area contributed by atoms with Crippen molar-refractivity contribution in [2.24, 2.45) is 17.8 Å². The van der Waals surface area contributed by atoms with Gasteiger partial charge in [0.1, 0.15) is 12.4 Å². The normalized spacial score (nSPS) is 20.4. The summed E-state index contributed by atoms with van der Waals surface area (Å²) in [6.45, 7) is 11.1. The molecule has 4 unspecified atom stereocenters. The fourth-order valence-electron chi connectivity index (χ4n) is 5.12. The summed E-state index contributed by atoms with van der Waals surface area (Å²) in [6, 6.07) is 9.65. The molecule has 0 radical (unpaired) electrons. The Labute approximate surface area is 241 Å². The van der Waals surface area contributed by atoms with Gasteiger partial charge in [0, 0.05) is 18.2 Å². The number of nitrogens with one attached hydrogen (secondary N) is 4. The van der Waals surface area contributed by atoms with Crippen LogP contribution in [0.4, 0.5) is 4.79 Å². The van der Waals surface area contributed by atoms with Gasteiger partial charge in [0.05, 0.1) is 17.9 Å². The van der Waals surface area contributed by atoms with Crippen molar-refractivity contribution < 1.29 is 14.3 Å². The third kappa shape index (κ3) is 12.5. The van der Waals surface area contributed by atoms with Crippen LogP contribution in [0.2, 0.25) is 0 Å². The van der Waals surface area contributed by atoms with Crippen LogP contribution in [0.5, 0.6) is 0 Å². The van der Waals surface area contributed by atoms with Crippen LogP contribution in [-0.4, -0.2) is 34.2 Å². The number of aromatic nitrogens is 2. The predicted octanol–water partition coefficient (Wildman–Crippen LogP) is 6.73. The number of amides is 2. The van der Waals surface area contributed by atoms with Crippen molar-refractivity contribution in [2.75, 3.05) is 6.54 Å². The van der Waals surface area contributed by atoms with Gasteiger partial charge in [0.25, 0.3) is 0 Å². The molecule has 4 N–H and O–H groups in total. The maximum atomic E-state index is 12.4. The van der Waals surface area contributed by atoms with E-state index in [4.69, 9.17) is 10.1 Å². The van der Waals surface area contributed by atoms with Gasteiger partial charge in [-0.3, -0.25) is 4.79 Å². The molecular weight excluding hydrogens is 502 g/mol. The zero-order chi connectivity index (χ0) is 29.9. The molecule has 1 aliphatic carbocycles. The number of ether oxygens (including phenoxy) is 1. The van der Waals surface area contributed by atoms with E-state index in [1.165, 1.54) is 12.8 Å². The average molecular weight is 552 g/mol. The van der Waals surface area contributed by atoms with Crippen LogP contribution in [0.25, 0.3) is 0 Å². The number of aromatic amines is 1. The van der Waals surface area contributed by atoms with E-state index in [2.05, 4.69) is 40.4 Å². The van der Waals surface area contributed by atoms with Gasteiger partial charge in [-0.1, -0.05) is 63.9 Å². The lowest BCUT2D eigenvalue weighted by Crippen LogP contribution is -2.37. The van der Waals surface area contributed by atoms with Crippen molar-refractivity contribution in [1.82, 2.24) is 20.6 Å². The lowest BCUT2D eigenvalue weighted by molar-refractivity contribution is -0.126. The summed E-state index contributed by atoms with van der Waals surface area (Å²) in [5, 5.41) is 13.1. The molecule has 40 heavy (non-hydrogen) atoms. The first kappa shape index (κ1) is 34.4. The largest absolute Gasteiger partial charge is 0.445 e. The summed E-state index contributed by atoms with van der Waals surface area (Å²) in [6.07, 6.45) is 16.8. The quantitative estimate of drug-likeness (QED) is 0.225. The first-order valence-electron chi connectivity index (χ1n) is 14.5. The number of alkyl carbamates (subject to hydrolysis) is 1. The summed E-state index contributed by atoms with van der Waals surface area (Å²) in [5.41, 5.74) is 2.55. The molecule has 1 saturated carbocycles. The predicted molar refractivity (Wildman–Crippen MR) is 162 cm³/mol. The Hall–Kier alpha value is -3.60. The van der Waals surface area contributed by atoms with Gasteiger partial charge in [0.2, 0.25) is 5.91 Å². The summed E-state index contributed by atoms with van der Waals surface area (Å²) in [5.74, 6) is 2.16. The topological polar surface area (TPSA) is 120 Å². The van der Waals surface area contributed by atoms with Gasteiger partial charge in [-0.15, -0.1) is 12.8 Å². The second-order valence-corrected chi connectivity index (χ2v) is 10.3. The maximum Gasteiger partial charge on any atom is 0.408 e. The number of nitrogens with zero attached hydrogens (tertiary/aromatic N) is 1. The molecule has 8 nitrogen and oxygen atoms in total. The number of carbonyl (C=O) groups excluding carboxylic acids is 2. The van der Waals surface area contributed by atoms with Gasteiger partial charge >= 0.3 is 6.09 Å². The zero-order valence-corrected chi connectivity index (χ0v) is 25.0. The smallest absolute Gasteiger partial charge is 0.408 e. The van der Waals surface area contributed by atoms with Gasteiger partial charge in [-0.2, -0.15) is 0 Å². The monoisotopic (exact) mass is 551 g/mol. The number of H-pyrrole nitrogens is 1. The number of rotatable bonds is 7. The minimum Gasteiger partial charge on any atom is -0.445 e. The molecule has 2 heterocycles. The van der Waals surface area contributed by atoms with E-state index < -0.39 is 0 Å². The molecule has 2 aromatic rings. The third-order valence-electron chi connectivity index (χ3n) is 6.94. The second kappa shape index (κ2) is 19.5. The lowest BCUT2D eigenvalue weighted by Gasteiger charge is -2.33. The minimum atomic E-state index is -0.376. The highest BCUT2D eigenvalue weighted by Gasteiger charge is 2.30. The molecular formula is C32H49N5O3. The number of piperidine rings is 1. The first-order valence-corrected chi connectivity index (χ1v) is 14.5. The molecule has 1 aliphatic heterocycles. The highest BCUT2D eigenvalue weighted by molar-refractivity contribution is 5.87. The Balaban J connectivity index is 0.000000446. The van der Waals surface area contributed by atoms with Gasteiger partial charge in [0.15, 0.2) is 0 Å². The van der Waals surface area contributed by atoms with Crippen molar-refractivity contribution in [2.45, 2.75) is 92.2 Å². The average Bonchev–Trinajstić information content (AvgIpc) is 3.40. The van der Waals surface area contributed by atoms with Crippen LogP contribution in [0, 0.1) is 42.9 Å². The van der Waals surface area contributed by atoms with E-state index in [-0.39, 0.29) is 30.6 Å². The van der Waals surface area contributed by atoms with Crippen LogP contribution < -0.4 is 10.6 Å². The number of imidazole rings is 1. The van der Waals surface area contributed by atoms with Gasteiger partial charge in [-0.25, -0.2) is 9.78 Å². The fraction of sp³-hybridized carbons (Fsp3) is 0.562. The van der Waals surface area contributed by atoms with Crippen LogP contribution >= 0.6 is 0 Å². The van der Waals surface area contributed by atoms with E-state index in [0.29, 0.717) is 24.0 Å². The van der Waals surface area contributed by atoms with Crippen molar-refractivity contribution in [3.05, 3.63) is 53.6 Å². The van der Waals surface area contributed by atoms with Crippen molar-refractivity contribution in [3.63, 3.8) is 0 Å². The summed E-state index contributed by atoms with van der Waals surface area (Å²) in [4.78, 5) is 31.1. The Morgan fingerprint density at radius 1 is 1.18 bits per heavy atom. The number of carbonyl (C=O) groups is 2. The molecule has 0 bridgehead atoms. The van der Waals surface area contributed by atoms with Crippen molar-refractivity contribution >= 4 is 17.7 Å². The molecule has 220 valence electrons. The summed E-state index contributed by atoms with van der Waals surface area (Å²) >= 11 is 0. The molecule has 2 aliphatic rings. The zero-order valence-electron chi connectivity index (χ0n) is 25.0. The summed E-state index contributed by atoms with van der Waals surface area (Å²) < 4.78 is 5.42. The molecule has 8 heteroatoms. The van der Waals surface area contributed by atoms with E-state index >= 15 is 0 Å². The van der Waals surface area contributed by atoms with Gasteiger partial charge in [-0.05, 0) is 63.4 Å². The number of terminal acetylenes is 1. The Morgan fingerprint density at radius 2 is 1.88 bits per heavy atom.